The average Bonchev–Trinajstić information content (AvgIpc) is 2.62. The van der Waals surface area contributed by atoms with Gasteiger partial charge in [-0.2, -0.15) is 4.31 Å². The van der Waals surface area contributed by atoms with Crippen LogP contribution in [0.4, 0.5) is 5.69 Å². The van der Waals surface area contributed by atoms with Crippen molar-refractivity contribution in [3.05, 3.63) is 53.6 Å². The summed E-state index contributed by atoms with van der Waals surface area (Å²) in [6, 6.07) is 14.2. The molecule has 0 radical (unpaired) electrons. The molecule has 1 unspecified atom stereocenters. The molecule has 1 aliphatic rings. The number of halogens is 1. The van der Waals surface area contributed by atoms with Crippen LogP contribution < -0.4 is 9.64 Å². The minimum atomic E-state index is -3.50. The Hall–Kier alpha value is -1.76. The molecule has 1 saturated heterocycles. The summed E-state index contributed by atoms with van der Waals surface area (Å²) in [4.78, 5) is 2.50. The molecular weight excluding hydrogens is 360 g/mol. The first-order valence-electron chi connectivity index (χ1n) is 8.08. The van der Waals surface area contributed by atoms with Crippen LogP contribution in [-0.2, 0) is 10.0 Å². The Morgan fingerprint density at radius 3 is 2.24 bits per heavy atom. The van der Waals surface area contributed by atoms with Gasteiger partial charge in [-0.15, -0.1) is 0 Å². The Labute approximate surface area is 153 Å². The molecule has 1 aliphatic heterocycles. The number of rotatable bonds is 4. The van der Waals surface area contributed by atoms with Gasteiger partial charge in [0.1, 0.15) is 5.75 Å². The van der Waals surface area contributed by atoms with Gasteiger partial charge in [-0.1, -0.05) is 11.6 Å². The molecule has 25 heavy (non-hydrogen) atoms. The van der Waals surface area contributed by atoms with Crippen molar-refractivity contribution in [2.75, 3.05) is 31.6 Å². The lowest BCUT2D eigenvalue weighted by molar-refractivity contribution is 0.342. The second-order valence-corrected chi connectivity index (χ2v) is 8.43. The van der Waals surface area contributed by atoms with Gasteiger partial charge in [0, 0.05) is 36.4 Å². The van der Waals surface area contributed by atoms with Crippen molar-refractivity contribution < 1.29 is 13.2 Å². The van der Waals surface area contributed by atoms with Crippen molar-refractivity contribution in [2.24, 2.45) is 0 Å². The van der Waals surface area contributed by atoms with Crippen LogP contribution >= 0.6 is 11.6 Å². The standard InChI is InChI=1S/C18H21ClN2O3S/c1-14-13-20(25(22,23)18-9-3-15(19)4-10-18)11-12-21(14)16-5-7-17(24-2)8-6-16/h3-10,14H,11-13H2,1-2H3. The van der Waals surface area contributed by atoms with E-state index >= 15 is 0 Å². The summed E-state index contributed by atoms with van der Waals surface area (Å²) in [5, 5.41) is 0.525. The molecule has 2 aromatic carbocycles. The number of piperazine rings is 1. The van der Waals surface area contributed by atoms with E-state index in [-0.39, 0.29) is 10.9 Å². The van der Waals surface area contributed by atoms with E-state index in [1.807, 2.05) is 31.2 Å². The topological polar surface area (TPSA) is 49.9 Å². The predicted molar refractivity (Wildman–Crippen MR) is 100 cm³/mol. The fraction of sp³-hybridized carbons (Fsp3) is 0.333. The summed E-state index contributed by atoms with van der Waals surface area (Å²) in [5.41, 5.74) is 1.07. The number of benzene rings is 2. The average molecular weight is 381 g/mol. The number of hydrogen-bond acceptors (Lipinski definition) is 4. The van der Waals surface area contributed by atoms with Crippen LogP contribution in [0.3, 0.4) is 0 Å². The zero-order valence-electron chi connectivity index (χ0n) is 14.2. The fourth-order valence-electron chi connectivity index (χ4n) is 3.06. The minimum absolute atomic E-state index is 0.0734. The van der Waals surface area contributed by atoms with Crippen LogP contribution in [-0.4, -0.2) is 45.5 Å². The van der Waals surface area contributed by atoms with Gasteiger partial charge >= 0.3 is 0 Å². The van der Waals surface area contributed by atoms with E-state index < -0.39 is 10.0 Å². The van der Waals surface area contributed by atoms with Crippen LogP contribution in [0.5, 0.6) is 5.75 Å². The van der Waals surface area contributed by atoms with Crippen molar-refractivity contribution in [3.63, 3.8) is 0 Å². The van der Waals surface area contributed by atoms with E-state index in [1.54, 1.807) is 35.7 Å². The van der Waals surface area contributed by atoms with E-state index in [2.05, 4.69) is 4.90 Å². The molecule has 0 spiro atoms. The highest BCUT2D eigenvalue weighted by Crippen LogP contribution is 2.26. The second kappa shape index (κ2) is 7.23. The van der Waals surface area contributed by atoms with E-state index in [0.717, 1.165) is 11.4 Å². The van der Waals surface area contributed by atoms with Gasteiger partial charge in [-0.25, -0.2) is 8.42 Å². The van der Waals surface area contributed by atoms with Gasteiger partial charge in [0.25, 0.3) is 0 Å². The largest absolute Gasteiger partial charge is 0.497 e. The molecule has 2 aromatic rings. The molecule has 1 atom stereocenters. The predicted octanol–water partition coefficient (Wildman–Crippen LogP) is 3.25. The van der Waals surface area contributed by atoms with Crippen LogP contribution in [0.15, 0.2) is 53.4 Å². The summed E-state index contributed by atoms with van der Waals surface area (Å²) in [6.45, 7) is 3.56. The lowest BCUT2D eigenvalue weighted by atomic mass is 10.2. The molecule has 0 bridgehead atoms. The maximum absolute atomic E-state index is 12.8. The van der Waals surface area contributed by atoms with Crippen LogP contribution in [0.1, 0.15) is 6.92 Å². The summed E-state index contributed by atoms with van der Waals surface area (Å²) in [6.07, 6.45) is 0. The van der Waals surface area contributed by atoms with Crippen LogP contribution in [0.25, 0.3) is 0 Å². The van der Waals surface area contributed by atoms with E-state index in [9.17, 15) is 8.42 Å². The van der Waals surface area contributed by atoms with Gasteiger partial charge in [-0.05, 0) is 55.5 Å². The molecule has 0 saturated carbocycles. The summed E-state index contributed by atoms with van der Waals surface area (Å²) in [7, 11) is -1.86. The molecule has 1 fully saturated rings. The Balaban J connectivity index is 1.75. The Bertz CT molecular complexity index is 822. The quantitative estimate of drug-likeness (QED) is 0.817. The SMILES string of the molecule is COc1ccc(N2CCN(S(=O)(=O)c3ccc(Cl)cc3)CC2C)cc1. The van der Waals surface area contributed by atoms with Gasteiger partial charge < -0.3 is 9.64 Å². The van der Waals surface area contributed by atoms with Crippen molar-refractivity contribution in [1.29, 1.82) is 0 Å². The van der Waals surface area contributed by atoms with Gasteiger partial charge in [-0.3, -0.25) is 0 Å². The van der Waals surface area contributed by atoms with Crippen LogP contribution in [0, 0.1) is 0 Å². The first-order chi connectivity index (χ1) is 11.9. The molecule has 5 nitrogen and oxygen atoms in total. The molecular formula is C18H21ClN2O3S. The molecule has 0 aromatic heterocycles. The molecule has 0 aliphatic carbocycles. The third-order valence-electron chi connectivity index (χ3n) is 4.45. The highest BCUT2D eigenvalue weighted by molar-refractivity contribution is 7.89. The summed E-state index contributed by atoms with van der Waals surface area (Å²) < 4.78 is 32.4. The highest BCUT2D eigenvalue weighted by atomic mass is 35.5. The lowest BCUT2D eigenvalue weighted by Crippen LogP contribution is -2.53. The first kappa shape index (κ1) is 18.0. The van der Waals surface area contributed by atoms with Crippen molar-refractivity contribution in [3.8, 4) is 5.75 Å². The van der Waals surface area contributed by atoms with Crippen molar-refractivity contribution in [2.45, 2.75) is 17.9 Å². The highest BCUT2D eigenvalue weighted by Gasteiger charge is 2.32. The van der Waals surface area contributed by atoms with Crippen molar-refractivity contribution >= 4 is 27.3 Å². The van der Waals surface area contributed by atoms with E-state index in [0.29, 0.717) is 24.7 Å². The molecule has 0 amide bonds. The van der Waals surface area contributed by atoms with Gasteiger partial charge in [0.2, 0.25) is 10.0 Å². The number of methoxy groups -OCH3 is 1. The summed E-state index contributed by atoms with van der Waals surface area (Å²) >= 11 is 5.86. The normalized spacial score (nSPS) is 19.0. The number of anilines is 1. The van der Waals surface area contributed by atoms with Gasteiger partial charge in [0.15, 0.2) is 0 Å². The molecule has 7 heteroatoms. The number of ether oxygens (including phenoxy) is 1. The molecule has 0 N–H and O–H groups in total. The zero-order valence-corrected chi connectivity index (χ0v) is 15.8. The van der Waals surface area contributed by atoms with E-state index in [1.165, 1.54) is 0 Å². The molecule has 1 heterocycles. The first-order valence-corrected chi connectivity index (χ1v) is 9.90. The Kier molecular flexibility index (Phi) is 5.22. The number of hydrogen-bond donors (Lipinski definition) is 0. The van der Waals surface area contributed by atoms with Crippen molar-refractivity contribution in [1.82, 2.24) is 4.31 Å². The molecule has 3 rings (SSSR count). The smallest absolute Gasteiger partial charge is 0.243 e. The Morgan fingerprint density at radius 1 is 1.04 bits per heavy atom. The van der Waals surface area contributed by atoms with Crippen LogP contribution in [0.2, 0.25) is 5.02 Å². The maximum Gasteiger partial charge on any atom is 0.243 e. The van der Waals surface area contributed by atoms with E-state index in [4.69, 9.17) is 16.3 Å². The third-order valence-corrected chi connectivity index (χ3v) is 6.58. The third kappa shape index (κ3) is 3.76. The summed E-state index contributed by atoms with van der Waals surface area (Å²) in [5.74, 6) is 0.806. The number of sulfonamides is 1. The minimum Gasteiger partial charge on any atom is -0.497 e. The molecule has 134 valence electrons. The zero-order chi connectivity index (χ0) is 18.0. The second-order valence-electron chi connectivity index (χ2n) is 6.06. The van der Waals surface area contributed by atoms with Gasteiger partial charge in [0.05, 0.1) is 12.0 Å². The monoisotopic (exact) mass is 380 g/mol. The number of nitrogens with zero attached hydrogens (tertiary/aromatic N) is 2. The maximum atomic E-state index is 12.8. The Morgan fingerprint density at radius 2 is 1.68 bits per heavy atom. The fourth-order valence-corrected chi connectivity index (χ4v) is 4.69. The lowest BCUT2D eigenvalue weighted by Gasteiger charge is -2.40.